The molecule has 1 aromatic heterocycles. The van der Waals surface area contributed by atoms with Crippen LogP contribution in [0.2, 0.25) is 0 Å². The Morgan fingerprint density at radius 3 is 2.52 bits per heavy atom. The highest BCUT2D eigenvalue weighted by atomic mass is 32.1. The minimum Gasteiger partial charge on any atom is -0.368 e. The lowest BCUT2D eigenvalue weighted by Crippen LogP contribution is -2.47. The molecule has 1 aliphatic carbocycles. The van der Waals surface area contributed by atoms with E-state index in [-0.39, 0.29) is 6.03 Å². The van der Waals surface area contributed by atoms with Gasteiger partial charge in [-0.15, -0.1) is 11.3 Å². The average molecular weight is 441 g/mol. The van der Waals surface area contributed by atoms with Crippen LogP contribution in [0.25, 0.3) is 10.1 Å². The SMILES string of the molecule is O=C(N[C@H]1CC[C@H](CCN2CCN(c3cccc4sccc34)CC2)CC1)N1CCCC1. The predicted octanol–water partition coefficient (Wildman–Crippen LogP) is 4.78. The van der Waals surface area contributed by atoms with E-state index in [4.69, 9.17) is 0 Å². The molecule has 3 aliphatic rings. The van der Waals surface area contributed by atoms with Crippen LogP contribution in [0, 0.1) is 5.92 Å². The molecule has 0 unspecified atom stereocenters. The molecule has 3 heterocycles. The molecule has 31 heavy (non-hydrogen) atoms. The Morgan fingerprint density at radius 2 is 1.74 bits per heavy atom. The highest BCUT2D eigenvalue weighted by Gasteiger charge is 2.26. The third kappa shape index (κ3) is 5.01. The van der Waals surface area contributed by atoms with Crippen molar-refractivity contribution in [3.05, 3.63) is 29.6 Å². The first kappa shape index (κ1) is 21.1. The number of amides is 2. The Kier molecular flexibility index (Phi) is 6.65. The van der Waals surface area contributed by atoms with E-state index >= 15 is 0 Å². The lowest BCUT2D eigenvalue weighted by Gasteiger charge is -2.37. The minimum atomic E-state index is 0.178. The zero-order valence-corrected chi connectivity index (χ0v) is 19.4. The van der Waals surface area contributed by atoms with E-state index in [2.05, 4.69) is 44.8 Å². The fourth-order valence-corrected chi connectivity index (χ4v) is 6.42. The van der Waals surface area contributed by atoms with Crippen LogP contribution in [-0.2, 0) is 0 Å². The molecule has 6 heteroatoms. The molecule has 0 spiro atoms. The summed E-state index contributed by atoms with van der Waals surface area (Å²) in [4.78, 5) is 19.5. The van der Waals surface area contributed by atoms with Gasteiger partial charge in [-0.1, -0.05) is 6.07 Å². The van der Waals surface area contributed by atoms with Crippen LogP contribution in [0.1, 0.15) is 44.9 Å². The number of piperazine rings is 1. The summed E-state index contributed by atoms with van der Waals surface area (Å²) in [7, 11) is 0. The number of hydrogen-bond donors (Lipinski definition) is 1. The van der Waals surface area contributed by atoms with Gasteiger partial charge in [-0.25, -0.2) is 4.79 Å². The zero-order valence-electron chi connectivity index (χ0n) is 18.6. The van der Waals surface area contributed by atoms with Gasteiger partial charge in [0.2, 0.25) is 0 Å². The number of anilines is 1. The molecule has 1 N–H and O–H groups in total. The second kappa shape index (κ2) is 9.78. The van der Waals surface area contributed by atoms with Crippen molar-refractivity contribution in [1.82, 2.24) is 15.1 Å². The normalized spacial score (nSPS) is 25.3. The summed E-state index contributed by atoms with van der Waals surface area (Å²) in [6.45, 7) is 7.71. The molecule has 2 amide bonds. The van der Waals surface area contributed by atoms with Gasteiger partial charge >= 0.3 is 6.03 Å². The average Bonchev–Trinajstić information content (AvgIpc) is 3.51. The van der Waals surface area contributed by atoms with E-state index in [9.17, 15) is 4.79 Å². The van der Waals surface area contributed by atoms with Gasteiger partial charge in [0, 0.05) is 61.1 Å². The second-order valence-electron chi connectivity index (χ2n) is 9.59. The number of carbonyl (C=O) groups is 1. The fourth-order valence-electron chi connectivity index (χ4n) is 5.61. The molecular weight excluding hydrogens is 404 g/mol. The number of hydrogen-bond acceptors (Lipinski definition) is 4. The molecule has 1 saturated carbocycles. The number of likely N-dealkylation sites (tertiary alicyclic amines) is 1. The molecule has 5 rings (SSSR count). The molecule has 2 aromatic rings. The summed E-state index contributed by atoms with van der Waals surface area (Å²) in [5, 5.41) is 6.91. The van der Waals surface area contributed by atoms with Gasteiger partial charge < -0.3 is 15.1 Å². The van der Waals surface area contributed by atoms with Crippen molar-refractivity contribution in [2.45, 2.75) is 51.0 Å². The lowest BCUT2D eigenvalue weighted by atomic mass is 9.84. The molecular formula is C25H36N4OS. The summed E-state index contributed by atoms with van der Waals surface area (Å²) in [5.41, 5.74) is 1.41. The third-order valence-corrected chi connectivity index (χ3v) is 8.49. The Labute approximate surface area is 190 Å². The summed E-state index contributed by atoms with van der Waals surface area (Å²) in [5.74, 6) is 0.831. The molecule has 1 aromatic carbocycles. The third-order valence-electron chi connectivity index (χ3n) is 7.61. The second-order valence-corrected chi connectivity index (χ2v) is 10.5. The van der Waals surface area contributed by atoms with E-state index in [1.807, 2.05) is 16.2 Å². The van der Waals surface area contributed by atoms with Gasteiger partial charge in [-0.05, 0) is 81.0 Å². The first-order valence-corrected chi connectivity index (χ1v) is 13.1. The molecule has 0 radical (unpaired) electrons. The number of nitrogens with zero attached hydrogens (tertiary/aromatic N) is 3. The van der Waals surface area contributed by atoms with E-state index in [0.29, 0.717) is 6.04 Å². The van der Waals surface area contributed by atoms with Gasteiger partial charge in [-0.3, -0.25) is 4.90 Å². The maximum atomic E-state index is 12.3. The topological polar surface area (TPSA) is 38.8 Å². The Balaban J connectivity index is 1.02. The fraction of sp³-hybridized carbons (Fsp3) is 0.640. The highest BCUT2D eigenvalue weighted by Crippen LogP contribution is 2.31. The van der Waals surface area contributed by atoms with Crippen LogP contribution >= 0.6 is 11.3 Å². The summed E-state index contributed by atoms with van der Waals surface area (Å²) < 4.78 is 1.40. The van der Waals surface area contributed by atoms with Crippen LogP contribution in [-0.4, -0.2) is 67.7 Å². The number of carbonyl (C=O) groups excluding carboxylic acids is 1. The largest absolute Gasteiger partial charge is 0.368 e. The van der Waals surface area contributed by atoms with Crippen LogP contribution in [0.5, 0.6) is 0 Å². The smallest absolute Gasteiger partial charge is 0.317 e. The van der Waals surface area contributed by atoms with Crippen molar-refractivity contribution in [3.8, 4) is 0 Å². The van der Waals surface area contributed by atoms with E-state index in [1.54, 1.807) is 0 Å². The number of thiophene rings is 1. The molecule has 0 bridgehead atoms. The van der Waals surface area contributed by atoms with Crippen LogP contribution in [0.4, 0.5) is 10.5 Å². The number of benzene rings is 1. The summed E-state index contributed by atoms with van der Waals surface area (Å²) in [6.07, 6.45) is 8.49. The van der Waals surface area contributed by atoms with Gasteiger partial charge in [0.15, 0.2) is 0 Å². The molecule has 2 saturated heterocycles. The molecule has 0 atom stereocenters. The lowest BCUT2D eigenvalue weighted by molar-refractivity contribution is 0.189. The standard InChI is InChI=1S/C25H36N4OS/c30-25(29-12-1-2-13-29)26-21-8-6-20(7-9-21)10-14-27-15-17-28(18-16-27)23-4-3-5-24-22(23)11-19-31-24/h3-5,11,19-21H,1-2,6-10,12-18H2,(H,26,30)/t20-,21-. The Morgan fingerprint density at radius 1 is 0.968 bits per heavy atom. The van der Waals surface area contributed by atoms with Crippen molar-refractivity contribution in [3.63, 3.8) is 0 Å². The number of nitrogens with one attached hydrogen (secondary N) is 1. The maximum Gasteiger partial charge on any atom is 0.317 e. The first-order chi connectivity index (χ1) is 15.3. The minimum absolute atomic E-state index is 0.178. The van der Waals surface area contributed by atoms with Crippen molar-refractivity contribution < 1.29 is 4.79 Å². The van der Waals surface area contributed by atoms with Gasteiger partial charge in [0.25, 0.3) is 0 Å². The van der Waals surface area contributed by atoms with Crippen LogP contribution in [0.15, 0.2) is 29.6 Å². The summed E-state index contributed by atoms with van der Waals surface area (Å²) >= 11 is 1.84. The Hall–Kier alpha value is -1.79. The van der Waals surface area contributed by atoms with Crippen molar-refractivity contribution in [2.75, 3.05) is 50.7 Å². The van der Waals surface area contributed by atoms with E-state index in [1.165, 1.54) is 54.7 Å². The van der Waals surface area contributed by atoms with Gasteiger partial charge in [-0.2, -0.15) is 0 Å². The van der Waals surface area contributed by atoms with E-state index < -0.39 is 0 Å². The maximum absolute atomic E-state index is 12.3. The van der Waals surface area contributed by atoms with Crippen molar-refractivity contribution >= 4 is 33.1 Å². The quantitative estimate of drug-likeness (QED) is 0.727. The molecule has 168 valence electrons. The van der Waals surface area contributed by atoms with Gasteiger partial charge in [0.1, 0.15) is 0 Å². The zero-order chi connectivity index (χ0) is 21.0. The summed E-state index contributed by atoms with van der Waals surface area (Å²) in [6, 6.07) is 9.55. The molecule has 5 nitrogen and oxygen atoms in total. The van der Waals surface area contributed by atoms with Crippen LogP contribution in [0.3, 0.4) is 0 Å². The number of urea groups is 1. The van der Waals surface area contributed by atoms with Crippen molar-refractivity contribution in [2.24, 2.45) is 5.92 Å². The van der Waals surface area contributed by atoms with E-state index in [0.717, 1.165) is 57.8 Å². The molecule has 2 aliphatic heterocycles. The Bertz CT molecular complexity index is 861. The number of rotatable bonds is 5. The first-order valence-electron chi connectivity index (χ1n) is 12.3. The molecule has 3 fully saturated rings. The predicted molar refractivity (Wildman–Crippen MR) is 130 cm³/mol. The highest BCUT2D eigenvalue weighted by molar-refractivity contribution is 7.17. The number of fused-ring (bicyclic) bond motifs is 1. The van der Waals surface area contributed by atoms with Gasteiger partial charge in [0.05, 0.1) is 0 Å². The van der Waals surface area contributed by atoms with Crippen LogP contribution < -0.4 is 10.2 Å². The van der Waals surface area contributed by atoms with Crippen molar-refractivity contribution in [1.29, 1.82) is 0 Å². The monoisotopic (exact) mass is 440 g/mol.